The van der Waals surface area contributed by atoms with Gasteiger partial charge in [0.05, 0.1) is 23.9 Å². The van der Waals surface area contributed by atoms with Gasteiger partial charge in [-0.05, 0) is 49.2 Å². The Hall–Kier alpha value is -3.31. The molecule has 8 heteroatoms. The van der Waals surface area contributed by atoms with Gasteiger partial charge in [-0.25, -0.2) is 4.79 Å². The lowest BCUT2D eigenvalue weighted by molar-refractivity contribution is -0.129. The Kier molecular flexibility index (Phi) is 5.89. The molecule has 0 radical (unpaired) electrons. The normalized spacial score (nSPS) is 15.9. The first-order valence-electron chi connectivity index (χ1n) is 8.91. The van der Waals surface area contributed by atoms with Gasteiger partial charge in [0, 0.05) is 10.6 Å². The maximum Gasteiger partial charge on any atom is 0.325 e. The number of nitrogens with one attached hydrogen (secondary N) is 1. The first-order chi connectivity index (χ1) is 13.8. The molecule has 2 aromatic rings. The number of oxime groups is 1. The monoisotopic (exact) mass is 408 g/mol. The Morgan fingerprint density at radius 2 is 1.72 bits per heavy atom. The molecule has 1 aliphatic heterocycles. The Labute approximate surface area is 173 Å². The third-order valence-electron chi connectivity index (χ3n) is 4.53. The van der Waals surface area contributed by atoms with Crippen molar-refractivity contribution in [3.63, 3.8) is 0 Å². The van der Waals surface area contributed by atoms with E-state index in [0.29, 0.717) is 17.0 Å². The average molecular weight is 408 g/mol. The molecule has 2 aromatic carbocycles. The number of carbonyl (C=O) groups excluding carboxylic acids is 2. The molecule has 0 spiro atoms. The highest BCUT2D eigenvalue weighted by molar-refractivity contribution is 8.00. The minimum atomic E-state index is -0.952. The molecule has 0 bridgehead atoms. The van der Waals surface area contributed by atoms with E-state index in [1.807, 2.05) is 36.4 Å². The van der Waals surface area contributed by atoms with E-state index in [1.165, 1.54) is 11.8 Å². The number of urea groups is 1. The first-order valence-corrected chi connectivity index (χ1v) is 9.90. The fourth-order valence-electron chi connectivity index (χ4n) is 2.90. The molecule has 29 heavy (non-hydrogen) atoms. The van der Waals surface area contributed by atoms with Crippen LogP contribution in [0.1, 0.15) is 19.4 Å². The highest BCUT2D eigenvalue weighted by atomic mass is 32.2. The molecule has 3 rings (SSSR count). The van der Waals surface area contributed by atoms with Gasteiger partial charge in [-0.3, -0.25) is 9.69 Å². The van der Waals surface area contributed by atoms with Crippen molar-refractivity contribution in [1.29, 1.82) is 5.26 Å². The van der Waals surface area contributed by atoms with Crippen molar-refractivity contribution in [2.75, 3.05) is 12.3 Å². The molecular formula is C21H20N4O3S. The lowest BCUT2D eigenvalue weighted by Gasteiger charge is -2.16. The van der Waals surface area contributed by atoms with Crippen molar-refractivity contribution in [1.82, 2.24) is 10.2 Å². The third-order valence-corrected chi connectivity index (χ3v) is 5.62. The number of thioether (sulfide) groups is 1. The van der Waals surface area contributed by atoms with E-state index < -0.39 is 11.6 Å². The van der Waals surface area contributed by atoms with Crippen molar-refractivity contribution in [3.05, 3.63) is 54.1 Å². The number of imide groups is 1. The van der Waals surface area contributed by atoms with Crippen LogP contribution in [0.3, 0.4) is 0 Å². The molecular weight excluding hydrogens is 388 g/mol. The topological polar surface area (TPSA) is 106 Å². The minimum absolute atomic E-state index is 0.0546. The van der Waals surface area contributed by atoms with Crippen LogP contribution in [0.15, 0.2) is 58.6 Å². The van der Waals surface area contributed by atoms with Crippen LogP contribution in [-0.2, 0) is 4.79 Å². The highest BCUT2D eigenvalue weighted by Crippen LogP contribution is 2.25. The average Bonchev–Trinajstić information content (AvgIpc) is 2.92. The zero-order chi connectivity index (χ0) is 21.0. The number of rotatable bonds is 6. The molecule has 0 atom stereocenters. The number of hydrogen-bond acceptors (Lipinski definition) is 6. The molecule has 0 unspecified atom stereocenters. The summed E-state index contributed by atoms with van der Waals surface area (Å²) in [5, 5.41) is 24.0. The maximum atomic E-state index is 12.3. The van der Waals surface area contributed by atoms with Crippen LogP contribution in [0.4, 0.5) is 4.79 Å². The summed E-state index contributed by atoms with van der Waals surface area (Å²) in [6.45, 7) is 3.21. The smallest absolute Gasteiger partial charge is 0.325 e. The van der Waals surface area contributed by atoms with Gasteiger partial charge in [-0.2, -0.15) is 5.26 Å². The summed E-state index contributed by atoms with van der Waals surface area (Å²) in [6.07, 6.45) is 0. The number of nitrogens with zero attached hydrogens (tertiary/aromatic N) is 3. The molecule has 3 amide bonds. The summed E-state index contributed by atoms with van der Waals surface area (Å²) in [4.78, 5) is 26.2. The van der Waals surface area contributed by atoms with Crippen LogP contribution in [-0.4, -0.2) is 45.6 Å². The van der Waals surface area contributed by atoms with E-state index in [0.717, 1.165) is 20.9 Å². The summed E-state index contributed by atoms with van der Waals surface area (Å²) in [7, 11) is 0. The molecule has 0 saturated carbocycles. The van der Waals surface area contributed by atoms with Crippen molar-refractivity contribution in [2.24, 2.45) is 5.16 Å². The molecule has 0 aromatic heterocycles. The summed E-state index contributed by atoms with van der Waals surface area (Å²) in [5.41, 5.74) is 2.03. The molecule has 1 fully saturated rings. The molecule has 1 heterocycles. The zero-order valence-corrected chi connectivity index (χ0v) is 16.9. The number of carbonyl (C=O) groups is 2. The lowest BCUT2D eigenvalue weighted by atomic mass is 10.0. The summed E-state index contributed by atoms with van der Waals surface area (Å²) >= 11 is 1.45. The largest absolute Gasteiger partial charge is 0.411 e. The molecule has 148 valence electrons. The lowest BCUT2D eigenvalue weighted by Crippen LogP contribution is -2.41. The summed E-state index contributed by atoms with van der Waals surface area (Å²) < 4.78 is 0. The second kappa shape index (κ2) is 8.37. The second-order valence-electron chi connectivity index (χ2n) is 7.11. The van der Waals surface area contributed by atoms with Crippen molar-refractivity contribution in [2.45, 2.75) is 24.3 Å². The maximum absolute atomic E-state index is 12.3. The van der Waals surface area contributed by atoms with Crippen LogP contribution in [0.25, 0.3) is 11.1 Å². The molecule has 7 nitrogen and oxygen atoms in total. The Morgan fingerprint density at radius 1 is 1.14 bits per heavy atom. The summed E-state index contributed by atoms with van der Waals surface area (Å²) in [6, 6.07) is 16.8. The molecule has 1 saturated heterocycles. The zero-order valence-electron chi connectivity index (χ0n) is 16.0. The Balaban J connectivity index is 1.61. The number of nitriles is 1. The first kappa shape index (κ1) is 20.4. The predicted molar refractivity (Wildman–Crippen MR) is 111 cm³/mol. The minimum Gasteiger partial charge on any atom is -0.411 e. The molecule has 1 aliphatic rings. The van der Waals surface area contributed by atoms with Crippen LogP contribution < -0.4 is 5.32 Å². The van der Waals surface area contributed by atoms with E-state index in [1.54, 1.807) is 26.0 Å². The van der Waals surface area contributed by atoms with Crippen molar-refractivity contribution in [3.8, 4) is 17.2 Å². The van der Waals surface area contributed by atoms with Gasteiger partial charge < -0.3 is 10.5 Å². The van der Waals surface area contributed by atoms with Crippen LogP contribution in [0.5, 0.6) is 0 Å². The van der Waals surface area contributed by atoms with Gasteiger partial charge in [-0.15, -0.1) is 11.8 Å². The summed E-state index contributed by atoms with van der Waals surface area (Å²) in [5.74, 6) is -0.00933. The van der Waals surface area contributed by atoms with Crippen LogP contribution >= 0.6 is 11.8 Å². The van der Waals surface area contributed by atoms with Gasteiger partial charge in [-0.1, -0.05) is 29.4 Å². The molecule has 2 N–H and O–H groups in total. The SMILES string of the molecule is CC1(C)NC(=O)N(C/C(CSc2ccc(-c3ccc(C#N)cc3)cc2)=N\O)C1=O. The Bertz CT molecular complexity index is 992. The highest BCUT2D eigenvalue weighted by Gasteiger charge is 2.44. The van der Waals surface area contributed by atoms with Crippen LogP contribution in [0, 0.1) is 11.3 Å². The number of amides is 3. The second-order valence-corrected chi connectivity index (χ2v) is 8.16. The van der Waals surface area contributed by atoms with E-state index >= 15 is 0 Å². The fourth-order valence-corrected chi connectivity index (χ4v) is 3.71. The van der Waals surface area contributed by atoms with Gasteiger partial charge in [0.1, 0.15) is 5.54 Å². The van der Waals surface area contributed by atoms with Crippen molar-refractivity contribution < 1.29 is 14.8 Å². The van der Waals surface area contributed by atoms with E-state index in [2.05, 4.69) is 16.5 Å². The van der Waals surface area contributed by atoms with Gasteiger partial charge in [0.25, 0.3) is 5.91 Å². The molecule has 0 aliphatic carbocycles. The van der Waals surface area contributed by atoms with Gasteiger partial charge in [0.15, 0.2) is 0 Å². The fraction of sp³-hybridized carbons (Fsp3) is 0.238. The quantitative estimate of drug-likeness (QED) is 0.250. The van der Waals surface area contributed by atoms with Gasteiger partial charge in [0.2, 0.25) is 0 Å². The number of benzene rings is 2. The van der Waals surface area contributed by atoms with E-state index in [-0.39, 0.29) is 12.5 Å². The van der Waals surface area contributed by atoms with Crippen molar-refractivity contribution >= 4 is 29.4 Å². The number of hydrogen-bond donors (Lipinski definition) is 2. The van der Waals surface area contributed by atoms with Gasteiger partial charge >= 0.3 is 6.03 Å². The standard InChI is InChI=1S/C21H20N4O3S/c1-21(2)19(26)25(20(27)23-21)12-17(24-28)13-29-18-9-7-16(8-10-18)15-5-3-14(11-22)4-6-15/h3-10,28H,12-13H2,1-2H3,(H,23,27)/b24-17+. The van der Waals surface area contributed by atoms with Crippen LogP contribution in [0.2, 0.25) is 0 Å². The van der Waals surface area contributed by atoms with E-state index in [9.17, 15) is 14.8 Å². The van der Waals surface area contributed by atoms with E-state index in [4.69, 9.17) is 5.26 Å². The Morgan fingerprint density at radius 3 is 2.21 bits per heavy atom. The third kappa shape index (κ3) is 4.58. The predicted octanol–water partition coefficient (Wildman–Crippen LogP) is 3.48.